The van der Waals surface area contributed by atoms with Gasteiger partial charge in [-0.05, 0) is 35.7 Å². The number of benzene rings is 3. The fourth-order valence-electron chi connectivity index (χ4n) is 4.51. The first-order chi connectivity index (χ1) is 16.2. The molecule has 1 N–H and O–H groups in total. The lowest BCUT2D eigenvalue weighted by molar-refractivity contribution is -0.117. The van der Waals surface area contributed by atoms with Crippen molar-refractivity contribution in [3.8, 4) is 0 Å². The van der Waals surface area contributed by atoms with Crippen LogP contribution in [0.5, 0.6) is 0 Å². The third-order valence-corrected chi connectivity index (χ3v) is 7.09. The van der Waals surface area contributed by atoms with E-state index in [1.807, 2.05) is 12.1 Å². The zero-order valence-corrected chi connectivity index (χ0v) is 19.6. The number of fused-ring (bicyclic) bond motifs is 1. The normalized spacial score (nSPS) is 15.2. The Kier molecular flexibility index (Phi) is 6.48. The van der Waals surface area contributed by atoms with Crippen LogP contribution in [0.15, 0.2) is 78.9 Å². The number of piperazine rings is 1. The molecule has 0 spiro atoms. The van der Waals surface area contributed by atoms with Crippen molar-refractivity contribution >= 4 is 32.6 Å². The summed E-state index contributed by atoms with van der Waals surface area (Å²) in [6.07, 6.45) is 0. The highest BCUT2D eigenvalue weighted by Gasteiger charge is 2.27. The van der Waals surface area contributed by atoms with Crippen LogP contribution in [0.3, 0.4) is 0 Å². The van der Waals surface area contributed by atoms with Gasteiger partial charge in [0.05, 0.1) is 22.8 Å². The van der Waals surface area contributed by atoms with Gasteiger partial charge in [-0.2, -0.15) is 0 Å². The van der Waals surface area contributed by atoms with E-state index in [-0.39, 0.29) is 11.9 Å². The molecule has 5 rings (SSSR count). The summed E-state index contributed by atoms with van der Waals surface area (Å²) in [6.45, 7) is 6.02. The molecule has 1 aliphatic rings. The van der Waals surface area contributed by atoms with Gasteiger partial charge in [0, 0.05) is 26.2 Å². The van der Waals surface area contributed by atoms with Crippen LogP contribution in [0.4, 0.5) is 5.13 Å². The molecular weight excluding hydrogens is 428 g/mol. The molecule has 1 aliphatic heterocycles. The molecule has 1 aromatic heterocycles. The molecule has 168 valence electrons. The first kappa shape index (κ1) is 21.8. The van der Waals surface area contributed by atoms with Gasteiger partial charge in [0.25, 0.3) is 0 Å². The number of rotatable bonds is 6. The summed E-state index contributed by atoms with van der Waals surface area (Å²) in [7, 11) is 0. The van der Waals surface area contributed by atoms with Gasteiger partial charge in [-0.15, -0.1) is 0 Å². The molecule has 4 aromatic rings. The minimum absolute atomic E-state index is 0.00176. The summed E-state index contributed by atoms with van der Waals surface area (Å²) in [5.41, 5.74) is 4.75. The van der Waals surface area contributed by atoms with Crippen LogP contribution in [0.1, 0.15) is 22.7 Å². The van der Waals surface area contributed by atoms with Gasteiger partial charge in [0.15, 0.2) is 5.13 Å². The van der Waals surface area contributed by atoms with E-state index in [0.29, 0.717) is 11.7 Å². The van der Waals surface area contributed by atoms with Gasteiger partial charge < -0.3 is 5.32 Å². The monoisotopic (exact) mass is 456 g/mol. The third-order valence-electron chi connectivity index (χ3n) is 6.16. The minimum Gasteiger partial charge on any atom is -0.301 e. The number of nitrogens with one attached hydrogen (secondary N) is 1. The molecule has 0 atom stereocenters. The number of nitrogens with zero attached hydrogens (tertiary/aromatic N) is 3. The molecule has 0 aliphatic carbocycles. The largest absolute Gasteiger partial charge is 0.301 e. The van der Waals surface area contributed by atoms with Crippen molar-refractivity contribution in [3.05, 3.63) is 95.6 Å². The number of hydrogen-bond acceptors (Lipinski definition) is 5. The van der Waals surface area contributed by atoms with E-state index in [1.54, 1.807) is 0 Å². The topological polar surface area (TPSA) is 48.5 Å². The van der Waals surface area contributed by atoms with Gasteiger partial charge in [-0.1, -0.05) is 78.1 Å². The molecule has 5 nitrogen and oxygen atoms in total. The number of hydrogen-bond donors (Lipinski definition) is 1. The van der Waals surface area contributed by atoms with Crippen LogP contribution in [0.25, 0.3) is 10.2 Å². The molecule has 0 unspecified atom stereocenters. The predicted octanol–water partition coefficient (Wildman–Crippen LogP) is 4.95. The van der Waals surface area contributed by atoms with Gasteiger partial charge in [-0.3, -0.25) is 14.6 Å². The summed E-state index contributed by atoms with van der Waals surface area (Å²) in [6, 6.07) is 27.8. The third kappa shape index (κ3) is 5.14. The van der Waals surface area contributed by atoms with E-state index in [2.05, 4.69) is 93.8 Å². The quantitative estimate of drug-likeness (QED) is 0.446. The summed E-state index contributed by atoms with van der Waals surface area (Å²) >= 11 is 1.53. The van der Waals surface area contributed by atoms with Crippen LogP contribution in [-0.4, -0.2) is 53.4 Å². The number of anilines is 1. The van der Waals surface area contributed by atoms with Gasteiger partial charge in [-0.25, -0.2) is 4.98 Å². The second-order valence-electron chi connectivity index (χ2n) is 8.57. The second kappa shape index (κ2) is 9.83. The Morgan fingerprint density at radius 3 is 2.21 bits per heavy atom. The van der Waals surface area contributed by atoms with Crippen LogP contribution in [0, 0.1) is 6.92 Å². The van der Waals surface area contributed by atoms with Crippen molar-refractivity contribution in [2.75, 3.05) is 38.0 Å². The van der Waals surface area contributed by atoms with Gasteiger partial charge in [0.2, 0.25) is 5.91 Å². The van der Waals surface area contributed by atoms with Crippen molar-refractivity contribution < 1.29 is 4.79 Å². The standard InChI is InChI=1S/C27H28N4OS/c1-20-12-13-23-24(18-20)33-27(28-23)29-25(32)19-30-14-16-31(17-15-30)26(21-8-4-2-5-9-21)22-10-6-3-7-11-22/h2-13,18,26H,14-17,19H2,1H3,(H,28,29,32). The number of aryl methyl sites for hydroxylation is 1. The molecule has 2 heterocycles. The molecule has 0 saturated carbocycles. The average Bonchev–Trinajstić information content (AvgIpc) is 3.23. The lowest BCUT2D eigenvalue weighted by Crippen LogP contribution is -2.49. The van der Waals surface area contributed by atoms with E-state index in [9.17, 15) is 4.79 Å². The van der Waals surface area contributed by atoms with Crippen LogP contribution in [-0.2, 0) is 4.79 Å². The SMILES string of the molecule is Cc1ccc2nc(NC(=O)CN3CCN(C(c4ccccc4)c4ccccc4)CC3)sc2c1. The van der Waals surface area contributed by atoms with E-state index in [1.165, 1.54) is 28.0 Å². The molecular formula is C27H28N4OS. The Labute approximate surface area is 198 Å². The molecule has 0 radical (unpaired) electrons. The van der Waals surface area contributed by atoms with E-state index < -0.39 is 0 Å². The number of amides is 1. The Morgan fingerprint density at radius 1 is 0.939 bits per heavy atom. The lowest BCUT2D eigenvalue weighted by atomic mass is 9.96. The summed E-state index contributed by atoms with van der Waals surface area (Å²) in [5, 5.41) is 3.67. The summed E-state index contributed by atoms with van der Waals surface area (Å²) in [4.78, 5) is 22.0. The van der Waals surface area contributed by atoms with Crippen molar-refractivity contribution in [1.82, 2.24) is 14.8 Å². The molecule has 1 saturated heterocycles. The fraction of sp³-hybridized carbons (Fsp3) is 0.259. The Morgan fingerprint density at radius 2 is 1.58 bits per heavy atom. The Bertz CT molecular complexity index is 1180. The summed E-state index contributed by atoms with van der Waals surface area (Å²) < 4.78 is 1.10. The molecule has 1 fully saturated rings. The highest BCUT2D eigenvalue weighted by atomic mass is 32.1. The highest BCUT2D eigenvalue weighted by Crippen LogP contribution is 2.30. The van der Waals surface area contributed by atoms with E-state index >= 15 is 0 Å². The number of thiazole rings is 1. The highest BCUT2D eigenvalue weighted by molar-refractivity contribution is 7.22. The van der Waals surface area contributed by atoms with Crippen molar-refractivity contribution in [1.29, 1.82) is 0 Å². The number of carbonyl (C=O) groups is 1. The number of aromatic nitrogens is 1. The van der Waals surface area contributed by atoms with E-state index in [4.69, 9.17) is 0 Å². The van der Waals surface area contributed by atoms with Crippen LogP contribution >= 0.6 is 11.3 Å². The molecule has 0 bridgehead atoms. The molecule has 33 heavy (non-hydrogen) atoms. The lowest BCUT2D eigenvalue weighted by Gasteiger charge is -2.39. The second-order valence-corrected chi connectivity index (χ2v) is 9.61. The Balaban J connectivity index is 1.21. The van der Waals surface area contributed by atoms with Crippen molar-refractivity contribution in [3.63, 3.8) is 0 Å². The average molecular weight is 457 g/mol. The first-order valence-corrected chi connectivity index (χ1v) is 12.2. The fourth-order valence-corrected chi connectivity index (χ4v) is 5.49. The maximum Gasteiger partial charge on any atom is 0.240 e. The molecule has 1 amide bonds. The van der Waals surface area contributed by atoms with Crippen LogP contribution < -0.4 is 5.32 Å². The maximum absolute atomic E-state index is 12.7. The van der Waals surface area contributed by atoms with Gasteiger partial charge in [0.1, 0.15) is 0 Å². The van der Waals surface area contributed by atoms with Gasteiger partial charge >= 0.3 is 0 Å². The maximum atomic E-state index is 12.7. The van der Waals surface area contributed by atoms with E-state index in [0.717, 1.165) is 36.4 Å². The zero-order chi connectivity index (χ0) is 22.6. The molecule has 3 aromatic carbocycles. The first-order valence-electron chi connectivity index (χ1n) is 11.4. The van der Waals surface area contributed by atoms with Crippen molar-refractivity contribution in [2.45, 2.75) is 13.0 Å². The molecule has 6 heteroatoms. The minimum atomic E-state index is 0.00176. The smallest absolute Gasteiger partial charge is 0.240 e. The zero-order valence-electron chi connectivity index (χ0n) is 18.8. The van der Waals surface area contributed by atoms with Crippen LogP contribution in [0.2, 0.25) is 0 Å². The predicted molar refractivity (Wildman–Crippen MR) is 136 cm³/mol. The summed E-state index contributed by atoms with van der Waals surface area (Å²) in [5.74, 6) is 0.00176. The Hall–Kier alpha value is -3.06. The number of carbonyl (C=O) groups excluding carboxylic acids is 1. The van der Waals surface area contributed by atoms with Crippen molar-refractivity contribution in [2.24, 2.45) is 0 Å².